The van der Waals surface area contributed by atoms with Gasteiger partial charge in [0.25, 0.3) is 5.91 Å². The number of hydrogen-bond acceptors (Lipinski definition) is 4. The van der Waals surface area contributed by atoms with Crippen LogP contribution in [0.4, 0.5) is 10.5 Å². The molecule has 2 aromatic rings. The van der Waals surface area contributed by atoms with Crippen molar-refractivity contribution in [3.63, 3.8) is 0 Å². The molecule has 3 amide bonds. The number of hydrogen-bond donors (Lipinski definition) is 1. The quantitative estimate of drug-likeness (QED) is 0.850. The molecule has 2 aliphatic heterocycles. The maximum absolute atomic E-state index is 12.7. The van der Waals surface area contributed by atoms with Gasteiger partial charge in [0.1, 0.15) is 12.6 Å². The van der Waals surface area contributed by atoms with Gasteiger partial charge in [0.05, 0.1) is 6.54 Å². The van der Waals surface area contributed by atoms with Gasteiger partial charge in [0.2, 0.25) is 5.91 Å². The normalized spacial score (nSPS) is 16.7. The molecule has 0 spiro atoms. The van der Waals surface area contributed by atoms with Crippen LogP contribution < -0.4 is 10.2 Å². The molecule has 1 N–H and O–H groups in total. The van der Waals surface area contributed by atoms with Crippen LogP contribution in [0.3, 0.4) is 0 Å². The first kappa shape index (κ1) is 18.7. The second kappa shape index (κ2) is 7.43. The molecular formula is C22H21N3O4. The Labute approximate surface area is 168 Å². The molecule has 2 aromatic carbocycles. The van der Waals surface area contributed by atoms with Crippen LogP contribution in [0.2, 0.25) is 0 Å². The number of benzene rings is 2. The molecular weight excluding hydrogens is 370 g/mol. The van der Waals surface area contributed by atoms with E-state index < -0.39 is 6.04 Å². The number of ether oxygens (including phenoxy) is 1. The number of anilines is 1. The molecule has 1 atom stereocenters. The van der Waals surface area contributed by atoms with Gasteiger partial charge < -0.3 is 10.1 Å². The summed E-state index contributed by atoms with van der Waals surface area (Å²) in [6.45, 7) is 6.82. The highest BCUT2D eigenvalue weighted by atomic mass is 16.6. The van der Waals surface area contributed by atoms with E-state index in [9.17, 15) is 14.4 Å². The molecule has 0 saturated carbocycles. The maximum atomic E-state index is 12.7. The van der Waals surface area contributed by atoms with Gasteiger partial charge in [-0.25, -0.2) is 4.79 Å². The lowest BCUT2D eigenvalue weighted by atomic mass is 10.1. The molecule has 0 aromatic heterocycles. The zero-order valence-corrected chi connectivity index (χ0v) is 16.1. The lowest BCUT2D eigenvalue weighted by Crippen LogP contribution is -2.44. The van der Waals surface area contributed by atoms with E-state index >= 15 is 0 Å². The monoisotopic (exact) mass is 391 g/mol. The Morgan fingerprint density at radius 1 is 1.17 bits per heavy atom. The van der Waals surface area contributed by atoms with Gasteiger partial charge in [0.15, 0.2) is 0 Å². The second-order valence-corrected chi connectivity index (χ2v) is 7.00. The standard InChI is InChI=1S/C22H21N3O4/c1-14-18-8-3-4-9-19(18)21(27)25(14)15(2)20(26)23-13-16-6-5-7-17(12-16)24-10-11-29-22(24)28/h3-9,12,15H,1,10-11,13H2,2H3,(H,23,26)/t15-/m1/s1. The molecule has 0 aliphatic carbocycles. The third-order valence-corrected chi connectivity index (χ3v) is 5.19. The first-order valence-electron chi connectivity index (χ1n) is 9.40. The number of amides is 3. The molecule has 7 nitrogen and oxygen atoms in total. The molecule has 0 bridgehead atoms. The van der Waals surface area contributed by atoms with Crippen LogP contribution in [-0.4, -0.2) is 42.0 Å². The maximum Gasteiger partial charge on any atom is 0.414 e. The lowest BCUT2D eigenvalue weighted by Gasteiger charge is -2.24. The zero-order valence-electron chi connectivity index (χ0n) is 16.1. The van der Waals surface area contributed by atoms with Crippen molar-refractivity contribution in [3.8, 4) is 0 Å². The summed E-state index contributed by atoms with van der Waals surface area (Å²) in [6, 6.07) is 13.9. The topological polar surface area (TPSA) is 79.0 Å². The van der Waals surface area contributed by atoms with E-state index in [2.05, 4.69) is 11.9 Å². The van der Waals surface area contributed by atoms with Crippen LogP contribution in [0.5, 0.6) is 0 Å². The minimum Gasteiger partial charge on any atom is -0.447 e. The fourth-order valence-electron chi connectivity index (χ4n) is 3.63. The Kier molecular flexibility index (Phi) is 4.80. The highest BCUT2D eigenvalue weighted by Crippen LogP contribution is 2.32. The summed E-state index contributed by atoms with van der Waals surface area (Å²) >= 11 is 0. The van der Waals surface area contributed by atoms with Gasteiger partial charge >= 0.3 is 6.09 Å². The Morgan fingerprint density at radius 2 is 1.93 bits per heavy atom. The summed E-state index contributed by atoms with van der Waals surface area (Å²) in [4.78, 5) is 40.1. The first-order valence-corrected chi connectivity index (χ1v) is 9.40. The smallest absolute Gasteiger partial charge is 0.414 e. The van der Waals surface area contributed by atoms with Gasteiger partial charge in [-0.3, -0.25) is 19.4 Å². The van der Waals surface area contributed by atoms with E-state index in [1.54, 1.807) is 24.0 Å². The number of fused-ring (bicyclic) bond motifs is 1. The molecule has 2 aliphatic rings. The number of carbonyl (C=O) groups is 3. The van der Waals surface area contributed by atoms with Crippen LogP contribution in [0.25, 0.3) is 5.70 Å². The van der Waals surface area contributed by atoms with Crippen LogP contribution in [0.15, 0.2) is 55.1 Å². The Balaban J connectivity index is 1.42. The minimum atomic E-state index is -0.695. The number of nitrogens with zero attached hydrogens (tertiary/aromatic N) is 2. The highest BCUT2D eigenvalue weighted by molar-refractivity contribution is 6.10. The van der Waals surface area contributed by atoms with Crippen molar-refractivity contribution in [1.29, 1.82) is 0 Å². The molecule has 29 heavy (non-hydrogen) atoms. The number of cyclic esters (lactones) is 1. The molecule has 1 saturated heterocycles. The largest absolute Gasteiger partial charge is 0.447 e. The van der Waals surface area contributed by atoms with Crippen molar-refractivity contribution in [2.24, 2.45) is 0 Å². The molecule has 0 unspecified atom stereocenters. The van der Waals surface area contributed by atoms with Gasteiger partial charge in [-0.1, -0.05) is 36.9 Å². The summed E-state index contributed by atoms with van der Waals surface area (Å²) in [7, 11) is 0. The highest BCUT2D eigenvalue weighted by Gasteiger charge is 2.36. The van der Waals surface area contributed by atoms with Crippen molar-refractivity contribution in [2.45, 2.75) is 19.5 Å². The summed E-state index contributed by atoms with van der Waals surface area (Å²) in [5.41, 5.74) is 3.41. The molecule has 7 heteroatoms. The molecule has 0 radical (unpaired) electrons. The predicted octanol–water partition coefficient (Wildman–Crippen LogP) is 2.77. The third kappa shape index (κ3) is 3.35. The van der Waals surface area contributed by atoms with Crippen LogP contribution in [0, 0.1) is 0 Å². The molecule has 2 heterocycles. The lowest BCUT2D eigenvalue weighted by molar-refractivity contribution is -0.124. The summed E-state index contributed by atoms with van der Waals surface area (Å²) in [5, 5.41) is 2.86. The van der Waals surface area contributed by atoms with E-state index in [4.69, 9.17) is 4.74 Å². The number of nitrogens with one attached hydrogen (secondary N) is 1. The number of rotatable bonds is 5. The fourth-order valence-corrected chi connectivity index (χ4v) is 3.63. The van der Waals surface area contributed by atoms with E-state index in [0.717, 1.165) is 16.8 Å². The first-order chi connectivity index (χ1) is 14.0. The van der Waals surface area contributed by atoms with E-state index in [-0.39, 0.29) is 24.5 Å². The molecule has 148 valence electrons. The fraction of sp³-hybridized carbons (Fsp3) is 0.227. The third-order valence-electron chi connectivity index (χ3n) is 5.19. The summed E-state index contributed by atoms with van der Waals surface area (Å²) in [6.07, 6.45) is -0.370. The van der Waals surface area contributed by atoms with Crippen molar-refractivity contribution in [1.82, 2.24) is 10.2 Å². The van der Waals surface area contributed by atoms with Gasteiger partial charge in [-0.15, -0.1) is 0 Å². The van der Waals surface area contributed by atoms with Crippen molar-refractivity contribution < 1.29 is 19.1 Å². The van der Waals surface area contributed by atoms with Crippen LogP contribution in [0.1, 0.15) is 28.4 Å². The zero-order chi connectivity index (χ0) is 20.5. The Bertz CT molecular complexity index is 982. The van der Waals surface area contributed by atoms with E-state index in [0.29, 0.717) is 24.4 Å². The average Bonchev–Trinajstić information content (AvgIpc) is 3.27. The van der Waals surface area contributed by atoms with E-state index in [1.807, 2.05) is 36.4 Å². The average molecular weight is 391 g/mol. The number of carbonyl (C=O) groups excluding carboxylic acids is 3. The van der Waals surface area contributed by atoms with Gasteiger partial charge in [0, 0.05) is 29.1 Å². The van der Waals surface area contributed by atoms with Crippen molar-refractivity contribution >= 4 is 29.3 Å². The SMILES string of the molecule is C=C1c2ccccc2C(=O)N1[C@H](C)C(=O)NCc1cccc(N2CCOC2=O)c1. The van der Waals surface area contributed by atoms with Crippen molar-refractivity contribution in [2.75, 3.05) is 18.1 Å². The van der Waals surface area contributed by atoms with Crippen LogP contribution >= 0.6 is 0 Å². The van der Waals surface area contributed by atoms with Gasteiger partial charge in [-0.2, -0.15) is 0 Å². The summed E-state index contributed by atoms with van der Waals surface area (Å²) < 4.78 is 4.96. The second-order valence-electron chi connectivity index (χ2n) is 7.00. The Hall–Kier alpha value is -3.61. The Morgan fingerprint density at radius 3 is 2.62 bits per heavy atom. The minimum absolute atomic E-state index is 0.220. The van der Waals surface area contributed by atoms with Crippen molar-refractivity contribution in [3.05, 3.63) is 71.8 Å². The van der Waals surface area contributed by atoms with Crippen LogP contribution in [-0.2, 0) is 16.1 Å². The molecule has 1 fully saturated rings. The molecule has 4 rings (SSSR count). The van der Waals surface area contributed by atoms with E-state index in [1.165, 1.54) is 4.90 Å². The summed E-state index contributed by atoms with van der Waals surface area (Å²) in [5.74, 6) is -0.499. The predicted molar refractivity (Wildman–Crippen MR) is 108 cm³/mol. The van der Waals surface area contributed by atoms with Gasteiger partial charge in [-0.05, 0) is 30.7 Å².